The monoisotopic (exact) mass is 174 g/mol. The van der Waals surface area contributed by atoms with Crippen LogP contribution in [-0.2, 0) is 4.79 Å². The van der Waals surface area contributed by atoms with Crippen LogP contribution in [0.5, 0.6) is 0 Å². The number of aliphatic carboxylic acids is 1. The Bertz CT molecular complexity index is 42.9. The molecule has 0 aromatic heterocycles. The van der Waals surface area contributed by atoms with E-state index in [1.807, 2.05) is 0 Å². The topological polar surface area (TPSA) is 37.3 Å². The molecule has 2 nitrogen and oxygen atoms in total. The molecule has 0 fully saturated rings. The molecule has 0 bridgehead atoms. The molecule has 0 amide bonds. The third-order valence-electron chi connectivity index (χ3n) is 0.175. The van der Waals surface area contributed by atoms with Crippen LogP contribution in [0, 0.1) is 0 Å². The van der Waals surface area contributed by atoms with Gasteiger partial charge < -0.3 is 0 Å². The fourth-order valence-corrected chi connectivity index (χ4v) is 0. The van der Waals surface area contributed by atoms with Crippen LogP contribution in [0.4, 0.5) is 0 Å². The first-order chi connectivity index (χ1) is 2.27. The van der Waals surface area contributed by atoms with Crippen molar-refractivity contribution < 1.29 is 9.90 Å². The summed E-state index contributed by atoms with van der Waals surface area (Å²) >= 11 is 0.827. The van der Waals surface area contributed by atoms with Gasteiger partial charge in [0.15, 0.2) is 0 Å². The summed E-state index contributed by atoms with van der Waals surface area (Å²) in [4.78, 5) is 9.40. The van der Waals surface area contributed by atoms with Crippen molar-refractivity contribution in [1.82, 2.24) is 0 Å². The molecule has 1 N–H and O–H groups in total. The van der Waals surface area contributed by atoms with Gasteiger partial charge in [0, 0.05) is 0 Å². The molecule has 26 valence electrons. The third-order valence-corrected chi connectivity index (χ3v) is 1.17. The normalized spacial score (nSPS) is 7.20. The fraction of sp³-hybridized carbons (Fsp3) is 0.500. The van der Waals surface area contributed by atoms with Crippen molar-refractivity contribution in [3.63, 3.8) is 0 Å². The predicted octanol–water partition coefficient (Wildman–Crippen LogP) is -0.342. The van der Waals surface area contributed by atoms with Crippen LogP contribution in [0.15, 0.2) is 0 Å². The van der Waals surface area contributed by atoms with Crippen molar-refractivity contribution in [2.75, 3.05) is 0 Å². The van der Waals surface area contributed by atoms with E-state index in [0.29, 0.717) is 4.18 Å². The quantitative estimate of drug-likeness (QED) is 0.590. The minimum atomic E-state index is -0.688. The van der Waals surface area contributed by atoms with Crippen molar-refractivity contribution in [2.24, 2.45) is 0 Å². The molecule has 0 aromatic carbocycles. The minimum absolute atomic E-state index is 0.352. The average molecular weight is 174 g/mol. The fourth-order valence-electron chi connectivity index (χ4n) is 0. The van der Waals surface area contributed by atoms with Gasteiger partial charge in [0.05, 0.1) is 0 Å². The number of carbonyl (C=O) groups is 1. The molecular formula is C2H3InO2. The van der Waals surface area contributed by atoms with Crippen LogP contribution in [0.3, 0.4) is 0 Å². The van der Waals surface area contributed by atoms with E-state index in [1.54, 1.807) is 0 Å². The molecule has 2 radical (unpaired) electrons. The Morgan fingerprint density at radius 1 is 2.00 bits per heavy atom. The maximum absolute atomic E-state index is 9.40. The van der Waals surface area contributed by atoms with E-state index in [1.165, 1.54) is 0 Å². The molecule has 0 unspecified atom stereocenters. The molecule has 0 aliphatic heterocycles. The van der Waals surface area contributed by atoms with E-state index in [0.717, 1.165) is 24.4 Å². The van der Waals surface area contributed by atoms with Gasteiger partial charge in [-0.2, -0.15) is 0 Å². The first kappa shape index (κ1) is 5.34. The first-order valence-electron chi connectivity index (χ1n) is 1.19. The number of rotatable bonds is 1. The van der Waals surface area contributed by atoms with Crippen LogP contribution >= 0.6 is 0 Å². The second-order valence-corrected chi connectivity index (χ2v) is 1.76. The molecule has 3 heteroatoms. The van der Waals surface area contributed by atoms with Gasteiger partial charge in [0.2, 0.25) is 0 Å². The van der Waals surface area contributed by atoms with Gasteiger partial charge in [-0.25, -0.2) is 0 Å². The molecule has 0 atom stereocenters. The second-order valence-electron chi connectivity index (χ2n) is 0.598. The molecule has 0 heterocycles. The summed E-state index contributed by atoms with van der Waals surface area (Å²) in [6.07, 6.45) is 0. The zero-order valence-corrected chi connectivity index (χ0v) is 5.94. The Morgan fingerprint density at radius 3 is 2.20 bits per heavy atom. The van der Waals surface area contributed by atoms with Crippen molar-refractivity contribution in [3.05, 3.63) is 0 Å². The Hall–Kier alpha value is 0.340. The Labute approximate surface area is 44.8 Å². The number of carboxylic acid groups (broad SMARTS) is 1. The zero-order valence-electron chi connectivity index (χ0n) is 2.64. The van der Waals surface area contributed by atoms with Crippen LogP contribution in [0.25, 0.3) is 0 Å². The molecule has 0 aliphatic rings. The number of hydrogen-bond donors (Lipinski definition) is 1. The van der Waals surface area contributed by atoms with E-state index in [4.69, 9.17) is 5.11 Å². The van der Waals surface area contributed by atoms with E-state index in [9.17, 15) is 4.79 Å². The van der Waals surface area contributed by atoms with Gasteiger partial charge in [0.25, 0.3) is 0 Å². The molecular weight excluding hydrogens is 171 g/mol. The predicted molar refractivity (Wildman–Crippen MR) is 18.2 cm³/mol. The Kier molecular flexibility index (Phi) is 2.75. The van der Waals surface area contributed by atoms with Crippen molar-refractivity contribution >= 4 is 30.3 Å². The second kappa shape index (κ2) is 2.57. The van der Waals surface area contributed by atoms with Gasteiger partial charge in [-0.1, -0.05) is 0 Å². The van der Waals surface area contributed by atoms with Crippen molar-refractivity contribution in [2.45, 2.75) is 4.18 Å². The molecule has 5 heavy (non-hydrogen) atoms. The molecule has 0 aliphatic carbocycles. The molecule has 0 saturated heterocycles. The van der Waals surface area contributed by atoms with E-state index < -0.39 is 5.97 Å². The van der Waals surface area contributed by atoms with Crippen LogP contribution in [0.1, 0.15) is 0 Å². The summed E-state index contributed by atoms with van der Waals surface area (Å²) in [6.45, 7) is 0. The zero-order chi connectivity index (χ0) is 4.28. The standard InChI is InChI=1S/C2H3O2.In/c1-2(3)4;/h1H2,(H,3,4);. The average Bonchev–Trinajstić information content (AvgIpc) is 1.38. The maximum atomic E-state index is 9.40. The molecule has 0 saturated carbocycles. The van der Waals surface area contributed by atoms with Gasteiger partial charge in [0.1, 0.15) is 0 Å². The summed E-state index contributed by atoms with van der Waals surface area (Å²) < 4.78 is 0.352. The number of hydrogen-bond acceptors (Lipinski definition) is 1. The van der Waals surface area contributed by atoms with Gasteiger partial charge in [-0.15, -0.1) is 0 Å². The van der Waals surface area contributed by atoms with Crippen LogP contribution in [0.2, 0.25) is 4.18 Å². The van der Waals surface area contributed by atoms with Gasteiger partial charge in [-0.05, 0) is 0 Å². The summed E-state index contributed by atoms with van der Waals surface area (Å²) in [5.74, 6) is -0.688. The van der Waals surface area contributed by atoms with Gasteiger partial charge in [-0.3, -0.25) is 0 Å². The van der Waals surface area contributed by atoms with Gasteiger partial charge >= 0.3 is 44.4 Å². The Morgan fingerprint density at radius 2 is 2.20 bits per heavy atom. The van der Waals surface area contributed by atoms with E-state index >= 15 is 0 Å². The van der Waals surface area contributed by atoms with Crippen molar-refractivity contribution in [3.8, 4) is 0 Å². The van der Waals surface area contributed by atoms with Crippen molar-refractivity contribution in [1.29, 1.82) is 0 Å². The summed E-state index contributed by atoms with van der Waals surface area (Å²) in [5, 5.41) is 7.75. The first-order valence-corrected chi connectivity index (χ1v) is 3.52. The Balaban J connectivity index is 2.85. The van der Waals surface area contributed by atoms with Crippen LogP contribution in [-0.4, -0.2) is 35.5 Å². The SMILES string of the molecule is O=C(O)[CH2][In]. The molecule has 0 spiro atoms. The molecule has 0 aromatic rings. The summed E-state index contributed by atoms with van der Waals surface area (Å²) in [5.41, 5.74) is 0. The summed E-state index contributed by atoms with van der Waals surface area (Å²) in [6, 6.07) is 0. The third kappa shape index (κ3) is 4.34. The summed E-state index contributed by atoms with van der Waals surface area (Å²) in [7, 11) is 0. The van der Waals surface area contributed by atoms with Crippen LogP contribution < -0.4 is 0 Å². The molecule has 0 rings (SSSR count). The van der Waals surface area contributed by atoms with E-state index in [2.05, 4.69) is 0 Å². The van der Waals surface area contributed by atoms with E-state index in [-0.39, 0.29) is 0 Å². The number of carboxylic acids is 1.